The highest BCUT2D eigenvalue weighted by Gasteiger charge is 2.34. The molecule has 0 aromatic heterocycles. The molecule has 1 aliphatic heterocycles. The molecular formula is C10H20O. The molecule has 2 unspecified atom stereocenters. The second-order valence-electron chi connectivity index (χ2n) is 4.12. The lowest BCUT2D eigenvalue weighted by Crippen LogP contribution is -2.41. The third-order valence-corrected chi connectivity index (χ3v) is 3.57. The molecule has 0 amide bonds. The van der Waals surface area contributed by atoms with Gasteiger partial charge in [0.2, 0.25) is 0 Å². The van der Waals surface area contributed by atoms with E-state index >= 15 is 0 Å². The summed E-state index contributed by atoms with van der Waals surface area (Å²) in [5, 5.41) is 0. The van der Waals surface area contributed by atoms with Crippen LogP contribution in [0.2, 0.25) is 0 Å². The third kappa shape index (κ3) is 1.58. The van der Waals surface area contributed by atoms with Gasteiger partial charge in [-0.15, -0.1) is 0 Å². The molecule has 1 rings (SSSR count). The fraction of sp³-hybridized carbons (Fsp3) is 1.00. The van der Waals surface area contributed by atoms with Crippen LogP contribution in [0.4, 0.5) is 0 Å². The van der Waals surface area contributed by atoms with Crippen molar-refractivity contribution in [3.8, 4) is 0 Å². The van der Waals surface area contributed by atoms with Crippen molar-refractivity contribution in [2.75, 3.05) is 0 Å². The maximum atomic E-state index is 5.78. The maximum absolute atomic E-state index is 5.78. The summed E-state index contributed by atoms with van der Waals surface area (Å²) < 4.78 is 5.78. The van der Waals surface area contributed by atoms with Crippen LogP contribution in [0.25, 0.3) is 0 Å². The monoisotopic (exact) mass is 156 g/mol. The van der Waals surface area contributed by atoms with Crippen LogP contribution >= 0.6 is 0 Å². The van der Waals surface area contributed by atoms with Crippen LogP contribution in [0.5, 0.6) is 0 Å². The van der Waals surface area contributed by atoms with Gasteiger partial charge in [-0.3, -0.25) is 0 Å². The lowest BCUT2D eigenvalue weighted by molar-refractivity contribution is -0.116. The van der Waals surface area contributed by atoms with E-state index in [-0.39, 0.29) is 0 Å². The molecule has 0 aliphatic carbocycles. The van der Waals surface area contributed by atoms with Crippen molar-refractivity contribution in [2.24, 2.45) is 17.8 Å². The van der Waals surface area contributed by atoms with E-state index in [1.807, 2.05) is 0 Å². The van der Waals surface area contributed by atoms with Gasteiger partial charge in [0, 0.05) is 0 Å². The quantitative estimate of drug-likeness (QED) is 0.524. The molecule has 1 nitrogen and oxygen atoms in total. The lowest BCUT2D eigenvalue weighted by Gasteiger charge is -2.41. The molecule has 0 N–H and O–H groups in total. The van der Waals surface area contributed by atoms with Gasteiger partial charge in [-0.05, 0) is 31.6 Å². The molecule has 66 valence electrons. The van der Waals surface area contributed by atoms with Gasteiger partial charge in [0.05, 0.1) is 12.2 Å². The Morgan fingerprint density at radius 2 is 1.00 bits per heavy atom. The lowest BCUT2D eigenvalue weighted by atomic mass is 9.77. The van der Waals surface area contributed by atoms with Gasteiger partial charge in [-0.25, -0.2) is 0 Å². The Balaban J connectivity index is 2.63. The minimum Gasteiger partial charge on any atom is -0.375 e. The molecule has 11 heavy (non-hydrogen) atoms. The topological polar surface area (TPSA) is 9.23 Å². The zero-order valence-electron chi connectivity index (χ0n) is 8.29. The smallest absolute Gasteiger partial charge is 0.0578 e. The number of hydrogen-bond acceptors (Lipinski definition) is 1. The van der Waals surface area contributed by atoms with Crippen LogP contribution in [0, 0.1) is 17.8 Å². The summed E-state index contributed by atoms with van der Waals surface area (Å²) in [7, 11) is 0. The van der Waals surface area contributed by atoms with E-state index in [2.05, 4.69) is 34.6 Å². The molecule has 0 aromatic rings. The molecule has 0 radical (unpaired) electrons. The third-order valence-electron chi connectivity index (χ3n) is 3.57. The van der Waals surface area contributed by atoms with Gasteiger partial charge in [0.15, 0.2) is 0 Å². The first-order chi connectivity index (χ1) is 5.04. The van der Waals surface area contributed by atoms with E-state index in [9.17, 15) is 0 Å². The van der Waals surface area contributed by atoms with E-state index in [0.29, 0.717) is 24.0 Å². The first kappa shape index (κ1) is 9.05. The van der Waals surface area contributed by atoms with Crippen molar-refractivity contribution in [1.82, 2.24) is 0 Å². The summed E-state index contributed by atoms with van der Waals surface area (Å²) in [5.74, 6) is 2.22. The Kier molecular flexibility index (Phi) is 2.58. The van der Waals surface area contributed by atoms with Gasteiger partial charge in [-0.1, -0.05) is 20.8 Å². The second kappa shape index (κ2) is 3.14. The molecular weight excluding hydrogens is 136 g/mol. The van der Waals surface area contributed by atoms with Crippen molar-refractivity contribution in [2.45, 2.75) is 46.8 Å². The van der Waals surface area contributed by atoms with E-state index in [1.165, 1.54) is 0 Å². The molecule has 1 heteroatoms. The van der Waals surface area contributed by atoms with Crippen molar-refractivity contribution in [3.05, 3.63) is 0 Å². The van der Waals surface area contributed by atoms with E-state index in [1.54, 1.807) is 0 Å². The molecule has 1 saturated heterocycles. The minimum absolute atomic E-state index is 0.441. The predicted molar refractivity (Wildman–Crippen MR) is 47.5 cm³/mol. The van der Waals surface area contributed by atoms with Crippen molar-refractivity contribution in [3.63, 3.8) is 0 Å². The highest BCUT2D eigenvalue weighted by atomic mass is 16.5. The summed E-state index contributed by atoms with van der Waals surface area (Å²) in [4.78, 5) is 0. The molecule has 0 saturated carbocycles. The van der Waals surface area contributed by atoms with Crippen LogP contribution in [0.3, 0.4) is 0 Å². The summed E-state index contributed by atoms with van der Waals surface area (Å²) in [5.41, 5.74) is 0. The largest absolute Gasteiger partial charge is 0.375 e. The second-order valence-corrected chi connectivity index (χ2v) is 4.12. The number of rotatable bonds is 0. The van der Waals surface area contributed by atoms with Gasteiger partial charge < -0.3 is 4.74 Å². The molecule has 1 aliphatic rings. The molecule has 0 aromatic carbocycles. The van der Waals surface area contributed by atoms with Crippen LogP contribution in [0.1, 0.15) is 34.6 Å². The van der Waals surface area contributed by atoms with Crippen molar-refractivity contribution in [1.29, 1.82) is 0 Å². The van der Waals surface area contributed by atoms with E-state index in [0.717, 1.165) is 5.92 Å². The first-order valence-electron chi connectivity index (χ1n) is 4.69. The average molecular weight is 156 g/mol. The fourth-order valence-electron chi connectivity index (χ4n) is 1.92. The van der Waals surface area contributed by atoms with Crippen LogP contribution in [0.15, 0.2) is 0 Å². The van der Waals surface area contributed by atoms with Crippen LogP contribution < -0.4 is 0 Å². The molecule has 0 bridgehead atoms. The first-order valence-corrected chi connectivity index (χ1v) is 4.69. The highest BCUT2D eigenvalue weighted by molar-refractivity contribution is 4.81. The summed E-state index contributed by atoms with van der Waals surface area (Å²) in [6, 6.07) is 0. The summed E-state index contributed by atoms with van der Waals surface area (Å²) in [6.45, 7) is 11.3. The Labute approximate surface area is 70.1 Å². The Morgan fingerprint density at radius 3 is 1.36 bits per heavy atom. The summed E-state index contributed by atoms with van der Waals surface area (Å²) >= 11 is 0. The average Bonchev–Trinajstić information content (AvgIpc) is 1.97. The van der Waals surface area contributed by atoms with E-state index in [4.69, 9.17) is 4.74 Å². The highest BCUT2D eigenvalue weighted by Crippen LogP contribution is 2.34. The molecule has 1 heterocycles. The Hall–Kier alpha value is -0.0400. The predicted octanol–water partition coefficient (Wildman–Crippen LogP) is 2.70. The van der Waals surface area contributed by atoms with Crippen molar-refractivity contribution >= 4 is 0 Å². The molecule has 0 spiro atoms. The van der Waals surface area contributed by atoms with Crippen molar-refractivity contribution < 1.29 is 4.74 Å². The van der Waals surface area contributed by atoms with Crippen LogP contribution in [-0.4, -0.2) is 12.2 Å². The van der Waals surface area contributed by atoms with Gasteiger partial charge in [0.1, 0.15) is 0 Å². The standard InChI is InChI=1S/C10H20O/c1-6-7(2)9(4)11-10(5)8(6)3/h6-10H,1-5H3/t6?,7-,8-,9?,10?/m1/s1. The zero-order valence-corrected chi connectivity index (χ0v) is 8.29. The number of ether oxygens (including phenoxy) is 1. The SMILES string of the molecule is CC1OC(C)[C@H](C)C(C)[C@H]1C. The van der Waals surface area contributed by atoms with Gasteiger partial charge in [-0.2, -0.15) is 0 Å². The number of hydrogen-bond donors (Lipinski definition) is 0. The maximum Gasteiger partial charge on any atom is 0.0578 e. The Bertz CT molecular complexity index is 119. The summed E-state index contributed by atoms with van der Waals surface area (Å²) in [6.07, 6.45) is 0.882. The van der Waals surface area contributed by atoms with Gasteiger partial charge in [0.25, 0.3) is 0 Å². The van der Waals surface area contributed by atoms with E-state index < -0.39 is 0 Å². The zero-order chi connectivity index (χ0) is 8.59. The normalized spacial score (nSPS) is 52.6. The van der Waals surface area contributed by atoms with Gasteiger partial charge >= 0.3 is 0 Å². The van der Waals surface area contributed by atoms with Crippen LogP contribution in [-0.2, 0) is 4.74 Å². The minimum atomic E-state index is 0.441. The molecule has 4 atom stereocenters. The Morgan fingerprint density at radius 1 is 0.636 bits per heavy atom. The molecule has 1 fully saturated rings. The fourth-order valence-corrected chi connectivity index (χ4v) is 1.92.